The Labute approximate surface area is 126 Å². The first kappa shape index (κ1) is 12.4. The van der Waals surface area contributed by atoms with Crippen molar-refractivity contribution in [2.75, 3.05) is 5.75 Å². The lowest BCUT2D eigenvalue weighted by Crippen LogP contribution is -2.10. The van der Waals surface area contributed by atoms with Gasteiger partial charge >= 0.3 is 0 Å². The van der Waals surface area contributed by atoms with Crippen LogP contribution in [0.25, 0.3) is 21.9 Å². The third-order valence-corrected chi connectivity index (χ3v) is 5.62. The topological polar surface area (TPSA) is 33.6 Å². The van der Waals surface area contributed by atoms with Crippen molar-refractivity contribution >= 4 is 45.9 Å². The number of aromatic nitrogens is 3. The number of pyridine rings is 1. The summed E-state index contributed by atoms with van der Waals surface area (Å²) in [4.78, 5) is 7.80. The monoisotopic (exact) mass is 301 g/mol. The van der Waals surface area contributed by atoms with Gasteiger partial charge in [-0.05, 0) is 36.9 Å². The Balaban J connectivity index is 1.95. The normalized spacial score (nSPS) is 19.1. The quantitative estimate of drug-likeness (QED) is 0.722. The Kier molecular flexibility index (Phi) is 3.04. The van der Waals surface area contributed by atoms with Crippen molar-refractivity contribution in [2.24, 2.45) is 0 Å². The van der Waals surface area contributed by atoms with Crippen molar-refractivity contribution in [3.63, 3.8) is 0 Å². The van der Waals surface area contributed by atoms with Gasteiger partial charge in [0.2, 0.25) is 0 Å². The molecule has 3 nitrogen and oxygen atoms in total. The predicted octanol–water partition coefficient (Wildman–Crippen LogP) is 4.14. The van der Waals surface area contributed by atoms with Gasteiger partial charge in [0.05, 0.1) is 22.7 Å². The first-order valence-corrected chi connectivity index (χ1v) is 8.36. The number of para-hydroxylation sites is 1. The summed E-state index contributed by atoms with van der Waals surface area (Å²) in [5, 5.41) is 1.87. The van der Waals surface area contributed by atoms with Crippen LogP contribution in [0.1, 0.15) is 12.8 Å². The number of nitrogens with zero attached hydrogens (tertiary/aromatic N) is 2. The number of thioether (sulfide) groups is 1. The zero-order valence-electron chi connectivity index (χ0n) is 11.0. The van der Waals surface area contributed by atoms with E-state index in [4.69, 9.17) is 12.2 Å². The zero-order chi connectivity index (χ0) is 13.5. The highest BCUT2D eigenvalue weighted by atomic mass is 32.2. The Hall–Kier alpha value is -1.33. The zero-order valence-corrected chi connectivity index (χ0v) is 12.6. The molecular formula is C15H15N3S2. The second-order valence-electron chi connectivity index (χ2n) is 5.21. The smallest absolute Gasteiger partial charge is 0.178 e. The van der Waals surface area contributed by atoms with Gasteiger partial charge in [-0.3, -0.25) is 4.98 Å². The molecule has 1 unspecified atom stereocenters. The first-order chi connectivity index (χ1) is 9.83. The van der Waals surface area contributed by atoms with Crippen LogP contribution in [0.4, 0.5) is 0 Å². The number of rotatable bonds is 2. The Morgan fingerprint density at radius 1 is 1.40 bits per heavy atom. The molecule has 102 valence electrons. The van der Waals surface area contributed by atoms with Crippen LogP contribution in [-0.2, 0) is 6.54 Å². The van der Waals surface area contributed by atoms with Crippen LogP contribution >= 0.6 is 24.0 Å². The molecule has 3 heterocycles. The predicted molar refractivity (Wildman–Crippen MR) is 87.9 cm³/mol. The molecule has 3 aromatic rings. The SMILES string of the molecule is S=c1[nH]c2cnc3ccccc3c2n1CC1CCCS1. The van der Waals surface area contributed by atoms with Crippen molar-refractivity contribution in [3.05, 3.63) is 35.2 Å². The molecule has 1 atom stereocenters. The van der Waals surface area contributed by atoms with Crippen LogP contribution in [0.3, 0.4) is 0 Å². The van der Waals surface area contributed by atoms with E-state index in [2.05, 4.69) is 44.5 Å². The van der Waals surface area contributed by atoms with E-state index in [0.717, 1.165) is 22.3 Å². The fourth-order valence-corrected chi connectivity index (χ4v) is 4.49. The standard InChI is InChI=1S/C15H15N3S2/c19-15-17-13-8-16-12-6-2-1-5-11(12)14(13)18(15)9-10-4-3-7-20-10/h1-2,5-6,8,10H,3-4,7,9H2,(H,17,19). The summed E-state index contributed by atoms with van der Waals surface area (Å²) in [6, 6.07) is 8.28. The number of fused-ring (bicyclic) bond motifs is 3. The van der Waals surface area contributed by atoms with Gasteiger partial charge in [-0.1, -0.05) is 18.2 Å². The van der Waals surface area contributed by atoms with E-state index in [1.807, 2.05) is 12.3 Å². The van der Waals surface area contributed by atoms with E-state index in [-0.39, 0.29) is 0 Å². The highest BCUT2D eigenvalue weighted by Crippen LogP contribution is 2.30. The third kappa shape index (κ3) is 1.96. The second kappa shape index (κ2) is 4.90. The first-order valence-electron chi connectivity index (χ1n) is 6.91. The number of H-pyrrole nitrogens is 1. The van der Waals surface area contributed by atoms with Crippen LogP contribution in [0.2, 0.25) is 0 Å². The van der Waals surface area contributed by atoms with Gasteiger partial charge in [0.15, 0.2) is 4.77 Å². The van der Waals surface area contributed by atoms with Crippen molar-refractivity contribution in [3.8, 4) is 0 Å². The molecule has 0 bridgehead atoms. The summed E-state index contributed by atoms with van der Waals surface area (Å²) in [6.07, 6.45) is 4.52. The molecule has 1 N–H and O–H groups in total. The lowest BCUT2D eigenvalue weighted by molar-refractivity contribution is 0.646. The molecule has 0 amide bonds. The molecule has 1 saturated heterocycles. The maximum atomic E-state index is 5.52. The molecule has 2 aromatic heterocycles. The summed E-state index contributed by atoms with van der Waals surface area (Å²) in [6.45, 7) is 0.998. The van der Waals surface area contributed by atoms with Crippen LogP contribution in [0.5, 0.6) is 0 Å². The van der Waals surface area contributed by atoms with E-state index >= 15 is 0 Å². The maximum Gasteiger partial charge on any atom is 0.178 e. The molecule has 20 heavy (non-hydrogen) atoms. The summed E-state index contributed by atoms with van der Waals surface area (Å²) >= 11 is 7.59. The molecule has 0 saturated carbocycles. The summed E-state index contributed by atoms with van der Waals surface area (Å²) < 4.78 is 3.07. The van der Waals surface area contributed by atoms with Gasteiger partial charge in [0.1, 0.15) is 0 Å². The number of hydrogen-bond donors (Lipinski definition) is 1. The molecule has 4 rings (SSSR count). The molecule has 1 fully saturated rings. The van der Waals surface area contributed by atoms with Gasteiger partial charge in [0, 0.05) is 17.2 Å². The van der Waals surface area contributed by atoms with E-state index in [1.165, 1.54) is 29.5 Å². The summed E-state index contributed by atoms with van der Waals surface area (Å²) in [5.74, 6) is 1.28. The van der Waals surface area contributed by atoms with E-state index in [1.54, 1.807) is 0 Å². The molecule has 1 aliphatic rings. The highest BCUT2D eigenvalue weighted by Gasteiger charge is 2.18. The van der Waals surface area contributed by atoms with Crippen molar-refractivity contribution in [2.45, 2.75) is 24.6 Å². The average Bonchev–Trinajstić information content (AvgIpc) is 3.08. The van der Waals surface area contributed by atoms with Gasteiger partial charge < -0.3 is 9.55 Å². The molecule has 0 radical (unpaired) electrons. The van der Waals surface area contributed by atoms with E-state index < -0.39 is 0 Å². The largest absolute Gasteiger partial charge is 0.329 e. The Bertz CT molecular complexity index is 828. The van der Waals surface area contributed by atoms with Crippen LogP contribution in [-0.4, -0.2) is 25.5 Å². The molecule has 0 spiro atoms. The number of imidazole rings is 1. The van der Waals surface area contributed by atoms with Crippen LogP contribution in [0.15, 0.2) is 30.5 Å². The van der Waals surface area contributed by atoms with Crippen LogP contribution in [0, 0.1) is 4.77 Å². The minimum absolute atomic E-state index is 0.688. The second-order valence-corrected chi connectivity index (χ2v) is 7.01. The average molecular weight is 301 g/mol. The highest BCUT2D eigenvalue weighted by molar-refractivity contribution is 8.00. The molecule has 5 heteroatoms. The summed E-state index contributed by atoms with van der Waals surface area (Å²) in [5.41, 5.74) is 3.27. The van der Waals surface area contributed by atoms with Gasteiger partial charge in [-0.25, -0.2) is 0 Å². The fourth-order valence-electron chi connectivity index (χ4n) is 2.96. The van der Waals surface area contributed by atoms with Crippen molar-refractivity contribution < 1.29 is 0 Å². The third-order valence-electron chi connectivity index (χ3n) is 3.91. The van der Waals surface area contributed by atoms with Crippen LogP contribution < -0.4 is 0 Å². The number of nitrogens with one attached hydrogen (secondary N) is 1. The van der Waals surface area contributed by atoms with E-state index in [0.29, 0.717) is 5.25 Å². The summed E-state index contributed by atoms with van der Waals surface area (Å²) in [7, 11) is 0. The van der Waals surface area contributed by atoms with Gasteiger partial charge in [-0.15, -0.1) is 0 Å². The lowest BCUT2D eigenvalue weighted by atomic mass is 10.2. The van der Waals surface area contributed by atoms with Crippen molar-refractivity contribution in [1.29, 1.82) is 0 Å². The van der Waals surface area contributed by atoms with Crippen molar-refractivity contribution in [1.82, 2.24) is 14.5 Å². The Morgan fingerprint density at radius 3 is 3.15 bits per heavy atom. The van der Waals surface area contributed by atoms with Gasteiger partial charge in [0.25, 0.3) is 0 Å². The molecule has 1 aromatic carbocycles. The fraction of sp³-hybridized carbons (Fsp3) is 0.333. The molecule has 1 aliphatic heterocycles. The molecular weight excluding hydrogens is 286 g/mol. The molecule has 0 aliphatic carbocycles. The van der Waals surface area contributed by atoms with E-state index in [9.17, 15) is 0 Å². The number of benzene rings is 1. The lowest BCUT2D eigenvalue weighted by Gasteiger charge is -2.11. The number of hydrogen-bond acceptors (Lipinski definition) is 3. The van der Waals surface area contributed by atoms with Gasteiger partial charge in [-0.2, -0.15) is 11.8 Å². The Morgan fingerprint density at radius 2 is 2.30 bits per heavy atom. The number of aromatic amines is 1. The maximum absolute atomic E-state index is 5.52. The minimum atomic E-state index is 0.688. The minimum Gasteiger partial charge on any atom is -0.329 e.